The zero-order valence-electron chi connectivity index (χ0n) is 8.29. The fraction of sp³-hybridized carbons (Fsp3) is 0.273. The van der Waals surface area contributed by atoms with Crippen LogP contribution in [-0.2, 0) is 4.79 Å². The Bertz CT molecular complexity index is 488. The Hall–Kier alpha value is -1.49. The van der Waals surface area contributed by atoms with Crippen molar-refractivity contribution < 1.29 is 14.7 Å². The molecule has 0 aliphatic carbocycles. The molecule has 0 bridgehead atoms. The average molecular weight is 235 g/mol. The minimum Gasteiger partial charge on any atom is -0.480 e. The second kappa shape index (κ2) is 3.25. The van der Waals surface area contributed by atoms with Gasteiger partial charge < -0.3 is 10.0 Å². The first kappa shape index (κ1) is 9.72. The Labute approximate surface area is 96.2 Å². The minimum absolute atomic E-state index is 0.107. The molecule has 1 fully saturated rings. The number of carbonyl (C=O) groups excluding carboxylic acids is 1. The second-order valence-electron chi connectivity index (χ2n) is 3.84. The molecule has 0 unspecified atom stereocenters. The molecule has 2 aliphatic heterocycles. The summed E-state index contributed by atoms with van der Waals surface area (Å²) >= 11 is 1.52. The fourth-order valence-corrected chi connectivity index (χ4v) is 3.69. The van der Waals surface area contributed by atoms with E-state index in [0.29, 0.717) is 11.3 Å². The fourth-order valence-electron chi connectivity index (χ4n) is 2.23. The van der Waals surface area contributed by atoms with Crippen LogP contribution in [0.15, 0.2) is 24.3 Å². The number of carbonyl (C=O) groups is 2. The van der Waals surface area contributed by atoms with Crippen LogP contribution in [0.5, 0.6) is 0 Å². The summed E-state index contributed by atoms with van der Waals surface area (Å²) in [6.45, 7) is 0. The molecule has 16 heavy (non-hydrogen) atoms. The van der Waals surface area contributed by atoms with Crippen molar-refractivity contribution >= 4 is 23.6 Å². The molecule has 0 radical (unpaired) electrons. The van der Waals surface area contributed by atoms with Crippen LogP contribution >= 0.6 is 11.8 Å². The maximum atomic E-state index is 12.0. The Morgan fingerprint density at radius 1 is 1.44 bits per heavy atom. The standard InChI is InChI=1S/C11H9NO3S/c13-9-6-3-1-2-4-7(6)10-12(9)8(5-16-10)11(14)15/h1-4,8,10H,5H2,(H,14,15)/t8-,10-/m0/s1. The molecule has 1 amide bonds. The number of nitrogens with zero attached hydrogens (tertiary/aromatic N) is 1. The largest absolute Gasteiger partial charge is 0.480 e. The number of fused-ring (bicyclic) bond motifs is 3. The summed E-state index contributed by atoms with van der Waals surface area (Å²) in [5.74, 6) is -0.603. The zero-order valence-corrected chi connectivity index (χ0v) is 9.11. The average Bonchev–Trinajstić information content (AvgIpc) is 2.81. The van der Waals surface area contributed by atoms with E-state index in [-0.39, 0.29) is 11.3 Å². The van der Waals surface area contributed by atoms with Gasteiger partial charge in [0.2, 0.25) is 0 Å². The lowest BCUT2D eigenvalue weighted by Gasteiger charge is -2.19. The van der Waals surface area contributed by atoms with E-state index in [1.807, 2.05) is 12.1 Å². The van der Waals surface area contributed by atoms with Crippen LogP contribution in [0.25, 0.3) is 0 Å². The van der Waals surface area contributed by atoms with Crippen molar-refractivity contribution in [1.29, 1.82) is 0 Å². The van der Waals surface area contributed by atoms with Crippen LogP contribution in [0.1, 0.15) is 21.3 Å². The van der Waals surface area contributed by atoms with Gasteiger partial charge in [0.15, 0.2) is 0 Å². The van der Waals surface area contributed by atoms with Crippen molar-refractivity contribution in [3.8, 4) is 0 Å². The van der Waals surface area contributed by atoms with Gasteiger partial charge in [-0.25, -0.2) is 4.79 Å². The topological polar surface area (TPSA) is 57.6 Å². The first-order chi connectivity index (χ1) is 7.70. The van der Waals surface area contributed by atoms with Crippen LogP contribution in [-0.4, -0.2) is 33.7 Å². The number of benzene rings is 1. The van der Waals surface area contributed by atoms with Crippen LogP contribution in [0, 0.1) is 0 Å². The predicted molar refractivity (Wildman–Crippen MR) is 59.2 cm³/mol. The zero-order chi connectivity index (χ0) is 11.3. The molecule has 1 aromatic carbocycles. The third-order valence-electron chi connectivity index (χ3n) is 2.98. The number of hydrogen-bond acceptors (Lipinski definition) is 3. The van der Waals surface area contributed by atoms with Crippen molar-refractivity contribution in [1.82, 2.24) is 4.90 Å². The highest BCUT2D eigenvalue weighted by atomic mass is 32.2. The van der Waals surface area contributed by atoms with E-state index in [4.69, 9.17) is 5.11 Å². The maximum absolute atomic E-state index is 12.0. The Morgan fingerprint density at radius 2 is 2.19 bits per heavy atom. The van der Waals surface area contributed by atoms with E-state index >= 15 is 0 Å². The molecule has 2 atom stereocenters. The van der Waals surface area contributed by atoms with Gasteiger partial charge in [-0.05, 0) is 11.6 Å². The van der Waals surface area contributed by atoms with Gasteiger partial charge in [0.05, 0.1) is 0 Å². The van der Waals surface area contributed by atoms with Crippen molar-refractivity contribution in [2.45, 2.75) is 11.4 Å². The van der Waals surface area contributed by atoms with Gasteiger partial charge in [0.1, 0.15) is 11.4 Å². The summed E-state index contributed by atoms with van der Waals surface area (Å²) in [7, 11) is 0. The Morgan fingerprint density at radius 3 is 2.94 bits per heavy atom. The van der Waals surface area contributed by atoms with Gasteiger partial charge >= 0.3 is 5.97 Å². The van der Waals surface area contributed by atoms with E-state index < -0.39 is 12.0 Å². The van der Waals surface area contributed by atoms with Gasteiger partial charge in [0, 0.05) is 11.3 Å². The van der Waals surface area contributed by atoms with E-state index in [1.165, 1.54) is 16.7 Å². The number of carboxylic acids is 1. The molecular formula is C11H9NO3S. The lowest BCUT2D eigenvalue weighted by molar-refractivity contribution is -0.141. The molecule has 3 rings (SSSR count). The molecule has 5 heteroatoms. The summed E-state index contributed by atoms with van der Waals surface area (Å²) < 4.78 is 0. The van der Waals surface area contributed by atoms with Crippen molar-refractivity contribution in [3.63, 3.8) is 0 Å². The van der Waals surface area contributed by atoms with Crippen LogP contribution in [0.4, 0.5) is 0 Å². The maximum Gasteiger partial charge on any atom is 0.327 e. The van der Waals surface area contributed by atoms with Gasteiger partial charge in [-0.15, -0.1) is 11.8 Å². The van der Waals surface area contributed by atoms with E-state index in [1.54, 1.807) is 12.1 Å². The smallest absolute Gasteiger partial charge is 0.327 e. The normalized spacial score (nSPS) is 26.8. The van der Waals surface area contributed by atoms with Crippen molar-refractivity contribution in [3.05, 3.63) is 35.4 Å². The third kappa shape index (κ3) is 1.12. The van der Waals surface area contributed by atoms with Gasteiger partial charge in [-0.3, -0.25) is 4.79 Å². The summed E-state index contributed by atoms with van der Waals surface area (Å²) in [6.07, 6.45) is 0. The van der Waals surface area contributed by atoms with Crippen molar-refractivity contribution in [2.24, 2.45) is 0 Å². The molecule has 1 N–H and O–H groups in total. The van der Waals surface area contributed by atoms with Crippen molar-refractivity contribution in [2.75, 3.05) is 5.75 Å². The Kier molecular flexibility index (Phi) is 1.97. The SMILES string of the molecule is O=C(O)[C@@H]1CS[C@H]2c3ccccc3C(=O)N12. The summed E-state index contributed by atoms with van der Waals surface area (Å²) in [6, 6.07) is 6.66. The highest BCUT2D eigenvalue weighted by Gasteiger charge is 2.48. The Balaban J connectivity index is 2.07. The molecule has 82 valence electrons. The van der Waals surface area contributed by atoms with Crippen LogP contribution < -0.4 is 0 Å². The quantitative estimate of drug-likeness (QED) is 0.798. The molecule has 2 aliphatic rings. The van der Waals surface area contributed by atoms with Crippen LogP contribution in [0.2, 0.25) is 0 Å². The molecular weight excluding hydrogens is 226 g/mol. The molecule has 2 heterocycles. The lowest BCUT2D eigenvalue weighted by Crippen LogP contribution is -2.39. The first-order valence-corrected chi connectivity index (χ1v) is 6.01. The van der Waals surface area contributed by atoms with E-state index in [9.17, 15) is 9.59 Å². The summed E-state index contributed by atoms with van der Waals surface area (Å²) in [5, 5.41) is 8.94. The number of hydrogen-bond donors (Lipinski definition) is 1. The molecule has 4 nitrogen and oxygen atoms in total. The summed E-state index contributed by atoms with van der Waals surface area (Å²) in [4.78, 5) is 24.6. The molecule has 0 saturated carbocycles. The lowest BCUT2D eigenvalue weighted by atomic mass is 10.1. The van der Waals surface area contributed by atoms with E-state index in [2.05, 4.69) is 0 Å². The molecule has 1 aromatic rings. The molecule has 1 saturated heterocycles. The highest BCUT2D eigenvalue weighted by Crippen LogP contribution is 2.47. The van der Waals surface area contributed by atoms with Gasteiger partial charge in [-0.2, -0.15) is 0 Å². The molecule has 0 aromatic heterocycles. The number of amides is 1. The predicted octanol–water partition coefficient (Wildman–Crippen LogP) is 1.34. The summed E-state index contributed by atoms with van der Waals surface area (Å²) in [5.41, 5.74) is 1.59. The van der Waals surface area contributed by atoms with Gasteiger partial charge in [-0.1, -0.05) is 18.2 Å². The van der Waals surface area contributed by atoms with Crippen LogP contribution in [0.3, 0.4) is 0 Å². The third-order valence-corrected chi connectivity index (χ3v) is 4.28. The number of thioether (sulfide) groups is 1. The highest BCUT2D eigenvalue weighted by molar-refractivity contribution is 7.99. The van der Waals surface area contributed by atoms with E-state index in [0.717, 1.165) is 5.56 Å². The minimum atomic E-state index is -0.920. The second-order valence-corrected chi connectivity index (χ2v) is 4.95. The number of rotatable bonds is 1. The molecule has 0 spiro atoms. The monoisotopic (exact) mass is 235 g/mol. The van der Waals surface area contributed by atoms with Gasteiger partial charge in [0.25, 0.3) is 5.91 Å². The first-order valence-electron chi connectivity index (χ1n) is 4.96. The number of carboxylic acid groups (broad SMARTS) is 1. The number of aliphatic carboxylic acids is 1.